The Balaban J connectivity index is 2.29. The molecule has 1 aliphatic rings. The highest BCUT2D eigenvalue weighted by Crippen LogP contribution is 2.07. The average molecular weight is 208 g/mol. The van der Waals surface area contributed by atoms with Crippen molar-refractivity contribution in [3.63, 3.8) is 0 Å². The van der Waals surface area contributed by atoms with E-state index in [1.807, 2.05) is 0 Å². The molecule has 1 unspecified atom stereocenters. The lowest BCUT2D eigenvalue weighted by molar-refractivity contribution is -0.150. The van der Waals surface area contributed by atoms with Crippen LogP contribution in [-0.4, -0.2) is 31.4 Å². The summed E-state index contributed by atoms with van der Waals surface area (Å²) in [6, 6.07) is 0. The van der Waals surface area contributed by atoms with Gasteiger partial charge < -0.3 is 14.2 Å². The Morgan fingerprint density at radius 1 is 1.64 bits per heavy atom. The summed E-state index contributed by atoms with van der Waals surface area (Å²) in [5, 5.41) is 0. The normalized spacial score (nSPS) is 19.6. The number of cyclic esters (lactones) is 2. The maximum Gasteiger partial charge on any atom is 0.509 e. The number of rotatable bonds is 3. The molecule has 0 aliphatic carbocycles. The van der Waals surface area contributed by atoms with E-state index in [9.17, 15) is 18.4 Å². The van der Waals surface area contributed by atoms with Crippen molar-refractivity contribution in [1.29, 1.82) is 0 Å². The van der Waals surface area contributed by atoms with Crippen molar-refractivity contribution >= 4 is 12.1 Å². The zero-order chi connectivity index (χ0) is 10.6. The quantitative estimate of drug-likeness (QED) is 0.643. The first-order valence-electron chi connectivity index (χ1n) is 3.61. The van der Waals surface area contributed by atoms with Crippen LogP contribution in [0.4, 0.5) is 13.6 Å². The largest absolute Gasteiger partial charge is 0.509 e. The lowest BCUT2D eigenvalue weighted by atomic mass is 10.4. The lowest BCUT2D eigenvalue weighted by Gasteiger charge is -2.04. The van der Waals surface area contributed by atoms with Gasteiger partial charge in [-0.05, 0) is 0 Å². The Labute approximate surface area is 77.2 Å². The molecule has 1 atom stereocenters. The van der Waals surface area contributed by atoms with E-state index in [-0.39, 0.29) is 6.61 Å². The Kier molecular flexibility index (Phi) is 3.38. The van der Waals surface area contributed by atoms with Crippen LogP contribution in [0.3, 0.4) is 0 Å². The molecule has 0 aromatic carbocycles. The minimum absolute atomic E-state index is 0.251. The minimum Gasteiger partial charge on any atom is -0.458 e. The van der Waals surface area contributed by atoms with E-state index in [4.69, 9.17) is 0 Å². The molecule has 0 radical (unpaired) electrons. The second kappa shape index (κ2) is 4.54. The maximum absolute atomic E-state index is 11.5. The van der Waals surface area contributed by atoms with Crippen LogP contribution in [-0.2, 0) is 19.0 Å². The van der Waals surface area contributed by atoms with Gasteiger partial charge in [-0.2, -0.15) is 8.78 Å². The molecule has 1 rings (SSSR count). The molecule has 14 heavy (non-hydrogen) atoms. The highest BCUT2D eigenvalue weighted by Gasteiger charge is 2.32. The van der Waals surface area contributed by atoms with Gasteiger partial charge in [-0.1, -0.05) is 0 Å². The van der Waals surface area contributed by atoms with Crippen LogP contribution < -0.4 is 0 Å². The van der Waals surface area contributed by atoms with Gasteiger partial charge in [0.25, 0.3) is 6.08 Å². The second-order valence-corrected chi connectivity index (χ2v) is 2.29. The number of carbonyl (C=O) groups excluding carboxylic acids is 2. The summed E-state index contributed by atoms with van der Waals surface area (Å²) < 4.78 is 35.9. The highest BCUT2D eigenvalue weighted by molar-refractivity contribution is 5.79. The van der Waals surface area contributed by atoms with E-state index in [1.165, 1.54) is 0 Å². The third kappa shape index (κ3) is 3.00. The first kappa shape index (κ1) is 10.4. The Morgan fingerprint density at radius 2 is 2.36 bits per heavy atom. The van der Waals surface area contributed by atoms with Crippen molar-refractivity contribution in [3.05, 3.63) is 12.2 Å². The molecule has 5 nitrogen and oxygen atoms in total. The lowest BCUT2D eigenvalue weighted by Crippen LogP contribution is -2.25. The number of halogens is 2. The standard InChI is InChI=1S/C7H6F2O5/c8-5(9)1-2-12-6(10)4-3-13-7(11)14-4/h1,4H,2-3H2. The average Bonchev–Trinajstić information content (AvgIpc) is 2.51. The first-order valence-corrected chi connectivity index (χ1v) is 3.61. The van der Waals surface area contributed by atoms with E-state index >= 15 is 0 Å². The molecule has 1 saturated heterocycles. The molecule has 0 aromatic heterocycles. The summed E-state index contributed by atoms with van der Waals surface area (Å²) in [6.07, 6.45) is -3.65. The molecule has 0 saturated carbocycles. The van der Waals surface area contributed by atoms with Crippen molar-refractivity contribution in [3.8, 4) is 0 Å². The molecule has 0 amide bonds. The van der Waals surface area contributed by atoms with E-state index in [0.717, 1.165) is 0 Å². The van der Waals surface area contributed by atoms with Gasteiger partial charge in [-0.25, -0.2) is 9.59 Å². The molecule has 1 heterocycles. The Hall–Kier alpha value is -1.66. The fourth-order valence-corrected chi connectivity index (χ4v) is 0.724. The third-order valence-electron chi connectivity index (χ3n) is 1.32. The topological polar surface area (TPSA) is 61.8 Å². The van der Waals surface area contributed by atoms with Crippen molar-refractivity contribution < 1.29 is 32.6 Å². The number of hydrogen-bond acceptors (Lipinski definition) is 5. The van der Waals surface area contributed by atoms with Gasteiger partial charge in [0, 0.05) is 6.08 Å². The van der Waals surface area contributed by atoms with Crippen molar-refractivity contribution in [2.24, 2.45) is 0 Å². The summed E-state index contributed by atoms with van der Waals surface area (Å²) in [5.74, 6) is -0.909. The van der Waals surface area contributed by atoms with E-state index in [1.54, 1.807) is 0 Å². The summed E-state index contributed by atoms with van der Waals surface area (Å²) >= 11 is 0. The predicted molar refractivity (Wildman–Crippen MR) is 37.5 cm³/mol. The predicted octanol–water partition coefficient (Wildman–Crippen LogP) is 0.845. The molecule has 0 spiro atoms. The summed E-state index contributed by atoms with van der Waals surface area (Å²) in [4.78, 5) is 21.3. The van der Waals surface area contributed by atoms with Gasteiger partial charge in [-0.3, -0.25) is 0 Å². The monoisotopic (exact) mass is 208 g/mol. The van der Waals surface area contributed by atoms with Crippen LogP contribution in [0, 0.1) is 0 Å². The van der Waals surface area contributed by atoms with Gasteiger partial charge in [0.15, 0.2) is 0 Å². The number of hydrogen-bond donors (Lipinski definition) is 0. The van der Waals surface area contributed by atoms with Crippen LogP contribution >= 0.6 is 0 Å². The van der Waals surface area contributed by atoms with Crippen LogP contribution in [0.15, 0.2) is 12.2 Å². The molecule has 0 aromatic rings. The zero-order valence-electron chi connectivity index (χ0n) is 6.87. The molecule has 0 bridgehead atoms. The number of ether oxygens (including phenoxy) is 3. The van der Waals surface area contributed by atoms with Crippen LogP contribution in [0.1, 0.15) is 0 Å². The maximum atomic E-state index is 11.5. The first-order chi connectivity index (χ1) is 6.59. The Morgan fingerprint density at radius 3 is 2.86 bits per heavy atom. The summed E-state index contributed by atoms with van der Waals surface area (Å²) in [6.45, 7) is -0.811. The fraction of sp³-hybridized carbons (Fsp3) is 0.429. The van der Waals surface area contributed by atoms with Crippen molar-refractivity contribution in [1.82, 2.24) is 0 Å². The van der Waals surface area contributed by atoms with E-state index in [0.29, 0.717) is 6.08 Å². The second-order valence-electron chi connectivity index (χ2n) is 2.29. The third-order valence-corrected chi connectivity index (χ3v) is 1.32. The van der Waals surface area contributed by atoms with Gasteiger partial charge in [-0.15, -0.1) is 0 Å². The summed E-state index contributed by atoms with van der Waals surface area (Å²) in [7, 11) is 0. The van der Waals surface area contributed by atoms with Gasteiger partial charge >= 0.3 is 12.1 Å². The van der Waals surface area contributed by atoms with E-state index in [2.05, 4.69) is 14.2 Å². The molecule has 7 heteroatoms. The molecule has 1 aliphatic heterocycles. The van der Waals surface area contributed by atoms with Crippen LogP contribution in [0.25, 0.3) is 0 Å². The molecule has 0 N–H and O–H groups in total. The van der Waals surface area contributed by atoms with Crippen LogP contribution in [0.2, 0.25) is 0 Å². The van der Waals surface area contributed by atoms with Gasteiger partial charge in [0.2, 0.25) is 6.10 Å². The van der Waals surface area contributed by atoms with E-state index < -0.39 is 30.9 Å². The van der Waals surface area contributed by atoms with Gasteiger partial charge in [0.1, 0.15) is 13.2 Å². The summed E-state index contributed by atoms with van der Waals surface area (Å²) in [5.41, 5.74) is 0. The molecular weight excluding hydrogens is 202 g/mol. The van der Waals surface area contributed by atoms with Crippen molar-refractivity contribution in [2.75, 3.05) is 13.2 Å². The molecular formula is C7H6F2O5. The fourth-order valence-electron chi connectivity index (χ4n) is 0.724. The zero-order valence-corrected chi connectivity index (χ0v) is 6.87. The number of esters is 1. The smallest absolute Gasteiger partial charge is 0.458 e. The number of carbonyl (C=O) groups is 2. The minimum atomic E-state index is -1.95. The van der Waals surface area contributed by atoms with Crippen LogP contribution in [0.5, 0.6) is 0 Å². The van der Waals surface area contributed by atoms with Crippen molar-refractivity contribution in [2.45, 2.75) is 6.10 Å². The molecule has 78 valence electrons. The Bertz CT molecular complexity index is 271. The highest BCUT2D eigenvalue weighted by atomic mass is 19.3. The molecule has 1 fully saturated rings. The SMILES string of the molecule is O=C1OCC(C(=O)OCC=C(F)F)O1. The van der Waals surface area contributed by atoms with Gasteiger partial charge in [0.05, 0.1) is 0 Å².